The molecular weight excluding hydrogens is 314 g/mol. The summed E-state index contributed by atoms with van der Waals surface area (Å²) in [5.74, 6) is 0.469. The number of aromatic amines is 1. The van der Waals surface area contributed by atoms with E-state index in [0.717, 1.165) is 37.1 Å². The lowest BCUT2D eigenvalue weighted by molar-refractivity contribution is -0.126. The third kappa shape index (κ3) is 4.57. The molecule has 5 nitrogen and oxygen atoms in total. The van der Waals surface area contributed by atoms with Gasteiger partial charge in [-0.1, -0.05) is 30.3 Å². The topological polar surface area (TPSA) is 65.2 Å². The first-order valence-electron chi connectivity index (χ1n) is 8.88. The van der Waals surface area contributed by atoms with Gasteiger partial charge in [0.2, 0.25) is 11.5 Å². The van der Waals surface area contributed by atoms with Crippen LogP contribution in [0, 0.1) is 0 Å². The molecule has 25 heavy (non-hydrogen) atoms. The van der Waals surface area contributed by atoms with Gasteiger partial charge in [-0.2, -0.15) is 0 Å². The Balaban J connectivity index is 1.50. The number of hydrogen-bond acceptors (Lipinski definition) is 3. The van der Waals surface area contributed by atoms with Crippen molar-refractivity contribution in [2.75, 3.05) is 13.1 Å². The van der Waals surface area contributed by atoms with Crippen LogP contribution in [0.15, 0.2) is 53.5 Å². The number of piperidine rings is 1. The van der Waals surface area contributed by atoms with Crippen molar-refractivity contribution in [1.82, 2.24) is 15.2 Å². The highest BCUT2D eigenvalue weighted by Gasteiger charge is 2.27. The van der Waals surface area contributed by atoms with E-state index in [1.54, 1.807) is 12.3 Å². The van der Waals surface area contributed by atoms with Gasteiger partial charge >= 0.3 is 0 Å². The molecule has 2 heterocycles. The van der Waals surface area contributed by atoms with Gasteiger partial charge in [-0.25, -0.2) is 0 Å². The molecule has 132 valence electrons. The Hall–Kier alpha value is -2.40. The first kappa shape index (κ1) is 17.4. The molecule has 2 aromatic rings. The number of hydrogen-bond donors (Lipinski definition) is 2. The molecule has 0 aliphatic carbocycles. The maximum atomic E-state index is 12.4. The molecule has 1 atom stereocenters. The highest BCUT2D eigenvalue weighted by Crippen LogP contribution is 2.27. The Kier molecular flexibility index (Phi) is 5.66. The molecule has 1 aliphatic heterocycles. The van der Waals surface area contributed by atoms with Gasteiger partial charge in [0, 0.05) is 18.8 Å². The van der Waals surface area contributed by atoms with Gasteiger partial charge in [-0.15, -0.1) is 0 Å². The van der Waals surface area contributed by atoms with E-state index in [9.17, 15) is 9.59 Å². The fraction of sp³-hybridized carbons (Fsp3) is 0.400. The molecule has 1 unspecified atom stereocenters. The molecule has 1 aliphatic rings. The van der Waals surface area contributed by atoms with Crippen molar-refractivity contribution in [3.63, 3.8) is 0 Å². The van der Waals surface area contributed by atoms with Gasteiger partial charge in [-0.3, -0.25) is 14.5 Å². The summed E-state index contributed by atoms with van der Waals surface area (Å²) in [6, 6.07) is 13.5. The summed E-state index contributed by atoms with van der Waals surface area (Å²) in [6.45, 7) is 4.27. The van der Waals surface area contributed by atoms with E-state index in [2.05, 4.69) is 15.2 Å². The Morgan fingerprint density at radius 2 is 1.96 bits per heavy atom. The quantitative estimate of drug-likeness (QED) is 0.878. The highest BCUT2D eigenvalue weighted by molar-refractivity contribution is 5.81. The van der Waals surface area contributed by atoms with Gasteiger partial charge in [-0.05, 0) is 56.0 Å². The van der Waals surface area contributed by atoms with Crippen molar-refractivity contribution in [1.29, 1.82) is 0 Å². The van der Waals surface area contributed by atoms with Crippen LogP contribution in [0.25, 0.3) is 0 Å². The lowest BCUT2D eigenvalue weighted by Crippen LogP contribution is -2.47. The van der Waals surface area contributed by atoms with Gasteiger partial charge in [0.25, 0.3) is 0 Å². The number of benzene rings is 1. The molecule has 2 N–H and O–H groups in total. The van der Waals surface area contributed by atoms with Crippen molar-refractivity contribution in [3.8, 4) is 0 Å². The average Bonchev–Trinajstić information content (AvgIpc) is 2.66. The molecule has 1 aromatic carbocycles. The van der Waals surface area contributed by atoms with Crippen LogP contribution in [0.5, 0.6) is 0 Å². The van der Waals surface area contributed by atoms with Crippen molar-refractivity contribution < 1.29 is 4.79 Å². The van der Waals surface area contributed by atoms with E-state index >= 15 is 0 Å². The number of aromatic nitrogens is 1. The average molecular weight is 339 g/mol. The van der Waals surface area contributed by atoms with E-state index in [-0.39, 0.29) is 17.5 Å². The zero-order valence-electron chi connectivity index (χ0n) is 14.6. The van der Waals surface area contributed by atoms with Crippen LogP contribution in [0.4, 0.5) is 0 Å². The summed E-state index contributed by atoms with van der Waals surface area (Å²) >= 11 is 0. The fourth-order valence-corrected chi connectivity index (χ4v) is 3.43. The third-order valence-corrected chi connectivity index (χ3v) is 5.04. The van der Waals surface area contributed by atoms with E-state index in [1.165, 1.54) is 0 Å². The van der Waals surface area contributed by atoms with Crippen molar-refractivity contribution in [2.24, 2.45) is 0 Å². The summed E-state index contributed by atoms with van der Waals surface area (Å²) in [4.78, 5) is 28.8. The number of likely N-dealkylation sites (tertiary alicyclic amines) is 1. The van der Waals surface area contributed by atoms with Crippen LogP contribution in [0.2, 0.25) is 0 Å². The molecule has 0 radical (unpaired) electrons. The van der Waals surface area contributed by atoms with E-state index in [1.807, 2.05) is 43.3 Å². The molecule has 5 heteroatoms. The van der Waals surface area contributed by atoms with E-state index in [0.29, 0.717) is 12.5 Å². The maximum Gasteiger partial charge on any atom is 0.248 e. The molecule has 1 fully saturated rings. The van der Waals surface area contributed by atoms with Gasteiger partial charge < -0.3 is 10.3 Å². The number of H-pyrrole nitrogens is 1. The van der Waals surface area contributed by atoms with E-state index < -0.39 is 0 Å². The second-order valence-corrected chi connectivity index (χ2v) is 6.68. The standard InChI is InChI=1S/C20H25N3O2/c1-15(20(25)22-14-16-5-3-2-4-6-16)23-11-8-17(9-12-23)18-7-10-21-19(24)13-18/h2-7,10,13,15,17H,8-9,11-12,14H2,1H3,(H,21,24)(H,22,25). The van der Waals surface area contributed by atoms with E-state index in [4.69, 9.17) is 0 Å². The molecule has 1 saturated heterocycles. The second-order valence-electron chi connectivity index (χ2n) is 6.68. The predicted octanol–water partition coefficient (Wildman–Crippen LogP) is 2.26. The number of nitrogens with zero attached hydrogens (tertiary/aromatic N) is 1. The van der Waals surface area contributed by atoms with Crippen LogP contribution < -0.4 is 10.9 Å². The Morgan fingerprint density at radius 1 is 1.24 bits per heavy atom. The fourth-order valence-electron chi connectivity index (χ4n) is 3.43. The molecule has 1 aromatic heterocycles. The van der Waals surface area contributed by atoms with Crippen molar-refractivity contribution in [3.05, 3.63) is 70.1 Å². The zero-order valence-corrected chi connectivity index (χ0v) is 14.6. The summed E-state index contributed by atoms with van der Waals surface area (Å²) < 4.78 is 0. The van der Waals surface area contributed by atoms with Crippen LogP contribution in [0.1, 0.15) is 36.8 Å². The normalized spacial score (nSPS) is 17.2. The highest BCUT2D eigenvalue weighted by atomic mass is 16.2. The Morgan fingerprint density at radius 3 is 2.64 bits per heavy atom. The number of amides is 1. The lowest BCUT2D eigenvalue weighted by Gasteiger charge is -2.35. The molecular formula is C20H25N3O2. The molecule has 1 amide bonds. The molecule has 0 saturated carbocycles. The smallest absolute Gasteiger partial charge is 0.248 e. The zero-order chi connectivity index (χ0) is 17.6. The number of pyridine rings is 1. The minimum absolute atomic E-state index is 0.0476. The first-order chi connectivity index (χ1) is 12.1. The number of nitrogens with one attached hydrogen (secondary N) is 2. The van der Waals surface area contributed by atoms with Gasteiger partial charge in [0.15, 0.2) is 0 Å². The largest absolute Gasteiger partial charge is 0.351 e. The minimum atomic E-state index is -0.135. The Labute approximate surface area is 148 Å². The summed E-state index contributed by atoms with van der Waals surface area (Å²) in [7, 11) is 0. The number of rotatable bonds is 5. The summed E-state index contributed by atoms with van der Waals surface area (Å²) in [5, 5.41) is 3.02. The lowest BCUT2D eigenvalue weighted by atomic mass is 9.89. The second kappa shape index (κ2) is 8.12. The SMILES string of the molecule is CC(C(=O)NCc1ccccc1)N1CCC(c2cc[nH]c(=O)c2)CC1. The van der Waals surface area contributed by atoms with Crippen LogP contribution in [-0.2, 0) is 11.3 Å². The predicted molar refractivity (Wildman–Crippen MR) is 98.4 cm³/mol. The molecule has 0 spiro atoms. The minimum Gasteiger partial charge on any atom is -0.351 e. The van der Waals surface area contributed by atoms with Crippen molar-refractivity contribution >= 4 is 5.91 Å². The molecule has 3 rings (SSSR count). The van der Waals surface area contributed by atoms with Gasteiger partial charge in [0.05, 0.1) is 6.04 Å². The summed E-state index contributed by atoms with van der Waals surface area (Å²) in [6.07, 6.45) is 3.66. The third-order valence-electron chi connectivity index (χ3n) is 5.04. The Bertz CT molecular complexity index is 749. The van der Waals surface area contributed by atoms with Crippen LogP contribution >= 0.6 is 0 Å². The van der Waals surface area contributed by atoms with Crippen LogP contribution in [-0.4, -0.2) is 34.9 Å². The number of carbonyl (C=O) groups excluding carboxylic acids is 1. The first-order valence-corrected chi connectivity index (χ1v) is 8.88. The molecule has 0 bridgehead atoms. The number of carbonyl (C=O) groups is 1. The van der Waals surface area contributed by atoms with Gasteiger partial charge in [0.1, 0.15) is 0 Å². The van der Waals surface area contributed by atoms with Crippen LogP contribution in [0.3, 0.4) is 0 Å². The summed E-state index contributed by atoms with van der Waals surface area (Å²) in [5.41, 5.74) is 2.16. The maximum absolute atomic E-state index is 12.4. The monoisotopic (exact) mass is 339 g/mol. The van der Waals surface area contributed by atoms with Crippen molar-refractivity contribution in [2.45, 2.75) is 38.3 Å².